The SMILES string of the molecule is CN(F)S(=O)(=S)N(Cl)Cl. The topological polar surface area (TPSA) is 23.6 Å². The average molecular weight is 213 g/mol. The molecular formula is CH3Cl2FN2OS2. The molecule has 0 aliphatic heterocycles. The third-order valence-electron chi connectivity index (χ3n) is 0.492. The molecule has 1 atom stereocenters. The van der Waals surface area contributed by atoms with Crippen LogP contribution in [0.25, 0.3) is 0 Å². The summed E-state index contributed by atoms with van der Waals surface area (Å²) < 4.78 is 22.5. The van der Waals surface area contributed by atoms with Crippen molar-refractivity contribution in [1.82, 2.24) is 7.87 Å². The second-order valence-corrected chi connectivity index (χ2v) is 5.39. The number of halogens is 3. The first-order valence-corrected chi connectivity index (χ1v) is 4.73. The molecule has 0 spiro atoms. The van der Waals surface area contributed by atoms with Gasteiger partial charge in [0.25, 0.3) is 0 Å². The molecule has 0 radical (unpaired) electrons. The molecule has 3 nitrogen and oxygen atoms in total. The summed E-state index contributed by atoms with van der Waals surface area (Å²) in [4.78, 5) is 0. The van der Waals surface area contributed by atoms with Crippen molar-refractivity contribution in [2.24, 2.45) is 0 Å². The lowest BCUT2D eigenvalue weighted by atomic mass is 11.6. The number of nitrogens with zero attached hydrogens (tertiary/aromatic N) is 2. The van der Waals surface area contributed by atoms with Crippen LogP contribution in [0, 0.1) is 0 Å². The Labute approximate surface area is 67.4 Å². The van der Waals surface area contributed by atoms with E-state index >= 15 is 0 Å². The normalized spacial score (nSPS) is 18.4. The lowest BCUT2D eigenvalue weighted by molar-refractivity contribution is 0.185. The second-order valence-electron chi connectivity index (χ2n) is 1.07. The number of hydrogen-bond acceptors (Lipinski definition) is 2. The van der Waals surface area contributed by atoms with Crippen molar-refractivity contribution in [3.8, 4) is 0 Å². The summed E-state index contributed by atoms with van der Waals surface area (Å²) in [6.45, 7) is 0. The quantitative estimate of drug-likeness (QED) is 0.638. The zero-order valence-corrected chi connectivity index (χ0v) is 7.40. The fraction of sp³-hybridized carbons (Fsp3) is 1.00. The van der Waals surface area contributed by atoms with Gasteiger partial charge in [0.15, 0.2) is 0 Å². The van der Waals surface area contributed by atoms with E-state index in [2.05, 4.69) is 11.2 Å². The molecule has 8 heteroatoms. The first-order chi connectivity index (χ1) is 3.89. The standard InChI is InChI=1S/CH3Cl2FN2OS2/c1-5(4)9(7,8)6(2)3/h1H3. The molecule has 0 aliphatic rings. The van der Waals surface area contributed by atoms with Gasteiger partial charge in [-0.15, -0.1) is 4.48 Å². The van der Waals surface area contributed by atoms with Crippen molar-refractivity contribution >= 4 is 43.6 Å². The van der Waals surface area contributed by atoms with E-state index in [9.17, 15) is 8.69 Å². The first-order valence-electron chi connectivity index (χ1n) is 1.65. The molecule has 0 aromatic rings. The van der Waals surface area contributed by atoms with Crippen LogP contribution in [0.4, 0.5) is 4.48 Å². The summed E-state index contributed by atoms with van der Waals surface area (Å²) in [6, 6.07) is 0. The van der Waals surface area contributed by atoms with Crippen LogP contribution >= 0.6 is 23.6 Å². The van der Waals surface area contributed by atoms with Gasteiger partial charge in [0.2, 0.25) is 8.86 Å². The molecule has 0 fully saturated rings. The third kappa shape index (κ3) is 2.48. The van der Waals surface area contributed by atoms with Gasteiger partial charge < -0.3 is 0 Å². The van der Waals surface area contributed by atoms with Crippen LogP contribution in [-0.4, -0.2) is 19.1 Å². The molecule has 0 saturated heterocycles. The van der Waals surface area contributed by atoms with Crippen LogP contribution in [0.3, 0.4) is 0 Å². The summed E-state index contributed by atoms with van der Waals surface area (Å²) in [6.07, 6.45) is 0. The minimum atomic E-state index is -3.45. The Morgan fingerprint density at radius 3 is 2.00 bits per heavy atom. The smallest absolute Gasteiger partial charge is 0.212 e. The molecule has 0 amide bonds. The van der Waals surface area contributed by atoms with Gasteiger partial charge in [-0.2, -0.15) is 0 Å². The molecule has 56 valence electrons. The molecule has 0 aromatic carbocycles. The van der Waals surface area contributed by atoms with Crippen LogP contribution in [0.1, 0.15) is 0 Å². The van der Waals surface area contributed by atoms with Crippen LogP contribution in [0.2, 0.25) is 0 Å². The Kier molecular flexibility index (Phi) is 3.56. The Hall–Kier alpha value is 0.800. The lowest BCUT2D eigenvalue weighted by Gasteiger charge is -2.10. The van der Waals surface area contributed by atoms with E-state index in [0.29, 0.717) is 0 Å². The van der Waals surface area contributed by atoms with Crippen molar-refractivity contribution in [3.63, 3.8) is 0 Å². The second kappa shape index (κ2) is 3.27. The fourth-order valence-corrected chi connectivity index (χ4v) is 0.765. The van der Waals surface area contributed by atoms with Gasteiger partial charge in [0, 0.05) is 41.8 Å². The molecule has 0 N–H and O–H groups in total. The molecule has 0 heterocycles. The third-order valence-corrected chi connectivity index (χ3v) is 4.15. The molecule has 0 saturated carbocycles. The predicted molar refractivity (Wildman–Crippen MR) is 37.9 cm³/mol. The highest BCUT2D eigenvalue weighted by Crippen LogP contribution is 2.12. The van der Waals surface area contributed by atoms with Crippen LogP contribution in [0.5, 0.6) is 0 Å². The van der Waals surface area contributed by atoms with Gasteiger partial charge in [-0.25, -0.2) is 4.21 Å². The van der Waals surface area contributed by atoms with E-state index in [0.717, 1.165) is 7.05 Å². The van der Waals surface area contributed by atoms with E-state index < -0.39 is 8.86 Å². The molecule has 0 aromatic heterocycles. The fourth-order valence-electron chi connectivity index (χ4n) is 0.0850. The van der Waals surface area contributed by atoms with Crippen LogP contribution in [-0.2, 0) is 20.1 Å². The molecular weight excluding hydrogens is 210 g/mol. The van der Waals surface area contributed by atoms with Gasteiger partial charge in [0.1, 0.15) is 0 Å². The van der Waals surface area contributed by atoms with E-state index in [1.54, 1.807) is 0 Å². The minimum absolute atomic E-state index is 0.0995. The highest BCUT2D eigenvalue weighted by atomic mass is 35.5. The summed E-state index contributed by atoms with van der Waals surface area (Å²) in [7, 11) is -2.58. The van der Waals surface area contributed by atoms with Gasteiger partial charge in [0.05, 0.1) is 0 Å². The Bertz CT molecular complexity index is 163. The van der Waals surface area contributed by atoms with E-state index in [-0.39, 0.29) is 7.87 Å². The van der Waals surface area contributed by atoms with Gasteiger partial charge in [-0.3, -0.25) is 0 Å². The van der Waals surface area contributed by atoms with Gasteiger partial charge in [-0.1, -0.05) is 0 Å². The highest BCUT2D eigenvalue weighted by molar-refractivity contribution is 8.30. The lowest BCUT2D eigenvalue weighted by Crippen LogP contribution is -2.24. The molecule has 0 rings (SSSR count). The van der Waals surface area contributed by atoms with Crippen molar-refractivity contribution in [1.29, 1.82) is 0 Å². The Balaban J connectivity index is 4.42. The van der Waals surface area contributed by atoms with Crippen molar-refractivity contribution in [2.75, 3.05) is 7.05 Å². The van der Waals surface area contributed by atoms with Crippen molar-refractivity contribution in [2.45, 2.75) is 0 Å². The van der Waals surface area contributed by atoms with E-state index in [1.165, 1.54) is 0 Å². The maximum Gasteiger partial charge on any atom is 0.212 e. The Morgan fingerprint density at radius 1 is 1.67 bits per heavy atom. The maximum atomic E-state index is 12.0. The van der Waals surface area contributed by atoms with Gasteiger partial charge in [-0.05, 0) is 7.87 Å². The summed E-state index contributed by atoms with van der Waals surface area (Å²) >= 11 is 13.9. The number of hydrogen-bond donors (Lipinski definition) is 0. The average Bonchev–Trinajstić information content (AvgIpc) is 1.65. The van der Waals surface area contributed by atoms with Crippen molar-refractivity contribution in [3.05, 3.63) is 0 Å². The summed E-state index contributed by atoms with van der Waals surface area (Å²) in [5, 5.41) is 0. The van der Waals surface area contributed by atoms with Crippen LogP contribution in [0.15, 0.2) is 0 Å². The van der Waals surface area contributed by atoms with Crippen molar-refractivity contribution < 1.29 is 8.69 Å². The first kappa shape index (κ1) is 9.80. The number of rotatable bonds is 2. The zero-order chi connectivity index (χ0) is 7.65. The van der Waals surface area contributed by atoms with Gasteiger partial charge >= 0.3 is 0 Å². The maximum absolute atomic E-state index is 12.0. The molecule has 9 heavy (non-hydrogen) atoms. The molecule has 1 unspecified atom stereocenters. The van der Waals surface area contributed by atoms with E-state index in [4.69, 9.17) is 23.6 Å². The zero-order valence-electron chi connectivity index (χ0n) is 4.25. The predicted octanol–water partition coefficient (Wildman–Crippen LogP) is 0.989. The summed E-state index contributed by atoms with van der Waals surface area (Å²) in [5.41, 5.74) is 0. The largest absolute Gasteiger partial charge is 0.220 e. The highest BCUT2D eigenvalue weighted by Gasteiger charge is 2.18. The Morgan fingerprint density at radius 2 is 2.00 bits per heavy atom. The summed E-state index contributed by atoms with van der Waals surface area (Å²) in [5.74, 6) is 0. The van der Waals surface area contributed by atoms with Crippen LogP contribution < -0.4 is 0 Å². The van der Waals surface area contributed by atoms with E-state index in [1.807, 2.05) is 0 Å². The minimum Gasteiger partial charge on any atom is -0.220 e. The molecule has 0 bridgehead atoms. The molecule has 0 aliphatic carbocycles. The monoisotopic (exact) mass is 212 g/mol.